The summed E-state index contributed by atoms with van der Waals surface area (Å²) in [5.41, 5.74) is -9.46. The summed E-state index contributed by atoms with van der Waals surface area (Å²) in [5, 5.41) is 13.4. The fraction of sp³-hybridized carbons (Fsp3) is 0. The molecule has 0 fully saturated rings. The van der Waals surface area contributed by atoms with Crippen LogP contribution in [0.2, 0.25) is 0 Å². The Bertz CT molecular complexity index is 2050. The molecule has 0 unspecified atom stereocenters. The maximum atomic E-state index is 2.51. The summed E-state index contributed by atoms with van der Waals surface area (Å²) in [6, 6.07) is 107. The van der Waals surface area contributed by atoms with Gasteiger partial charge < -0.3 is 0 Å². The molecule has 0 heterocycles. The van der Waals surface area contributed by atoms with Gasteiger partial charge in [0.15, 0.2) is 0 Å². The Hall–Kier alpha value is -4.82. The molecule has 59 heavy (non-hydrogen) atoms. The van der Waals surface area contributed by atoms with E-state index < -0.39 is 31.3 Å². The Labute approximate surface area is 361 Å². The van der Waals surface area contributed by atoms with Gasteiger partial charge in [-0.25, -0.2) is 0 Å². The van der Waals surface area contributed by atoms with Crippen molar-refractivity contribution in [2.75, 3.05) is 0 Å². The Morgan fingerprint density at radius 1 is 0.169 bits per heavy atom. The van der Waals surface area contributed by atoms with Gasteiger partial charge in [-0.1, -0.05) is 0 Å². The first-order chi connectivity index (χ1) is 28.8. The van der Waals surface area contributed by atoms with Crippen LogP contribution in [-0.2, 0) is 14.5 Å². The molecule has 0 N–H and O–H groups in total. The molecule has 9 aromatic carbocycles. The molecule has 9 rings (SSSR count). The number of hydrogen-bond donors (Lipinski definition) is 0. The minimum atomic E-state index is -3.15. The van der Waals surface area contributed by atoms with Crippen LogP contribution in [0.5, 0.6) is 0 Å². The molecule has 0 nitrogen and oxygen atoms in total. The van der Waals surface area contributed by atoms with Crippen LogP contribution in [0, 0.1) is 0 Å². The fourth-order valence-electron chi connectivity index (χ4n) is 8.99. The number of rotatable bonds is 12. The van der Waals surface area contributed by atoms with Crippen LogP contribution in [-0.4, -0.2) is 0 Å². The summed E-state index contributed by atoms with van der Waals surface area (Å²) < 4.78 is 0. The van der Waals surface area contributed by atoms with Gasteiger partial charge >= 0.3 is 352 Å². The van der Waals surface area contributed by atoms with Crippen molar-refractivity contribution in [1.82, 2.24) is 0 Å². The van der Waals surface area contributed by atoms with Crippen molar-refractivity contribution in [3.05, 3.63) is 273 Å². The molecule has 0 radical (unpaired) electrons. The molecule has 0 aromatic heterocycles. The zero-order chi connectivity index (χ0) is 39.1. The first-order valence-corrected chi connectivity index (χ1v) is 33.4. The zero-order valence-electron chi connectivity index (χ0n) is 32.7. The van der Waals surface area contributed by atoms with Crippen LogP contribution >= 0.6 is 29.2 Å². The molecule has 0 amide bonds. The van der Waals surface area contributed by atoms with Gasteiger partial charge in [0.1, 0.15) is 0 Å². The van der Waals surface area contributed by atoms with Crippen molar-refractivity contribution < 1.29 is 14.5 Å². The van der Waals surface area contributed by atoms with Gasteiger partial charge in [-0.05, 0) is 0 Å². The van der Waals surface area contributed by atoms with Crippen molar-refractivity contribution in [2.24, 2.45) is 0 Å². The van der Waals surface area contributed by atoms with Gasteiger partial charge in [0.25, 0.3) is 0 Å². The number of halogens is 1. The van der Waals surface area contributed by atoms with Crippen LogP contribution in [0.3, 0.4) is 0 Å². The normalized spacial score (nSPS) is 12.7. The van der Waals surface area contributed by atoms with Crippen LogP contribution in [0.25, 0.3) is 0 Å². The van der Waals surface area contributed by atoms with Crippen molar-refractivity contribution in [1.29, 1.82) is 0 Å². The third-order valence-electron chi connectivity index (χ3n) is 11.3. The van der Waals surface area contributed by atoms with E-state index in [1.165, 1.54) is 47.7 Å². The van der Waals surface area contributed by atoms with E-state index in [-0.39, 0.29) is 12.4 Å². The van der Waals surface area contributed by atoms with E-state index in [0.717, 1.165) is 0 Å². The predicted molar refractivity (Wildman–Crippen MR) is 267 cm³/mol. The van der Waals surface area contributed by atoms with E-state index in [2.05, 4.69) is 273 Å². The van der Waals surface area contributed by atoms with Gasteiger partial charge in [0.2, 0.25) is 0 Å². The Morgan fingerprint density at radius 2 is 0.271 bits per heavy atom. The topological polar surface area (TPSA) is 0 Å². The van der Waals surface area contributed by atoms with E-state index in [1.807, 2.05) is 0 Å². The summed E-state index contributed by atoms with van der Waals surface area (Å²) >= 11 is -2.70. The van der Waals surface area contributed by atoms with Gasteiger partial charge in [0, 0.05) is 0 Å². The molecule has 0 aliphatic heterocycles. The maximum absolute atomic E-state index is 3.15. The van der Waals surface area contributed by atoms with Gasteiger partial charge in [-0.15, -0.1) is 12.4 Å². The molecule has 0 saturated carbocycles. The number of hydrogen-bond acceptors (Lipinski definition) is 0. The SMILES string of the molecule is Cl.c1ccc([PH](c2ccccc2)(c2ccccc2)[Ru]([PH](c2ccccc2)(c2ccccc2)c2ccccc2)[PH](c2ccccc2)(c2ccccc2)c2ccccc2)cc1. The Kier molecular flexibility index (Phi) is 12.9. The minimum absolute atomic E-state index is 0. The van der Waals surface area contributed by atoms with E-state index in [0.29, 0.717) is 0 Å². The first kappa shape index (κ1) is 40.9. The second-order valence-electron chi connectivity index (χ2n) is 14.5. The van der Waals surface area contributed by atoms with E-state index in [4.69, 9.17) is 0 Å². The van der Waals surface area contributed by atoms with E-state index >= 15 is 0 Å². The molecule has 0 saturated heterocycles. The van der Waals surface area contributed by atoms with Crippen LogP contribution in [0.1, 0.15) is 0 Å². The standard InChI is InChI=1S/3C18H15P.ClH.Ru/c3*1-4-10-16(11-5-1)19(17-12-6-2-7-13-17)18-14-8-3-9-15-18;;/h3*1-15H;1H;/q;;;;-3/p+3. The molecule has 0 atom stereocenters. The Balaban J connectivity index is 0.00000484. The van der Waals surface area contributed by atoms with E-state index in [9.17, 15) is 0 Å². The first-order valence-electron chi connectivity index (χ1n) is 20.0. The molecule has 0 aliphatic carbocycles. The van der Waals surface area contributed by atoms with Crippen molar-refractivity contribution in [3.63, 3.8) is 0 Å². The van der Waals surface area contributed by atoms with Crippen molar-refractivity contribution in [2.45, 2.75) is 0 Å². The van der Waals surface area contributed by atoms with Crippen LogP contribution < -0.4 is 47.7 Å². The molecular formula is C54H49ClP3Ru. The van der Waals surface area contributed by atoms with Crippen LogP contribution in [0.4, 0.5) is 0 Å². The Morgan fingerprint density at radius 3 is 0.373 bits per heavy atom. The number of benzene rings is 9. The summed E-state index contributed by atoms with van der Waals surface area (Å²) in [6.07, 6.45) is 0. The fourth-order valence-corrected chi connectivity index (χ4v) is 105. The van der Waals surface area contributed by atoms with Crippen molar-refractivity contribution >= 4 is 76.9 Å². The van der Waals surface area contributed by atoms with Gasteiger partial charge in [-0.2, -0.15) is 0 Å². The van der Waals surface area contributed by atoms with Crippen molar-refractivity contribution in [3.8, 4) is 0 Å². The average Bonchev–Trinajstić information content (AvgIpc) is 3.33. The third kappa shape index (κ3) is 7.19. The molecule has 9 aromatic rings. The molecule has 295 valence electrons. The summed E-state index contributed by atoms with van der Waals surface area (Å²) in [7, 11) is 0. The average molecular weight is 927 g/mol. The second kappa shape index (κ2) is 18.6. The van der Waals surface area contributed by atoms with Gasteiger partial charge in [0.05, 0.1) is 0 Å². The second-order valence-corrected chi connectivity index (χ2v) is 49.1. The molecular weight excluding hydrogens is 878 g/mol. The molecule has 0 bridgehead atoms. The predicted octanol–water partition coefficient (Wildman–Crippen LogP) is 9.95. The van der Waals surface area contributed by atoms with Crippen LogP contribution in [0.15, 0.2) is 273 Å². The summed E-state index contributed by atoms with van der Waals surface area (Å²) in [5.74, 6) is 0. The molecule has 0 aliphatic rings. The van der Waals surface area contributed by atoms with E-state index in [1.54, 1.807) is 0 Å². The quantitative estimate of drug-likeness (QED) is 0.0847. The molecule has 0 spiro atoms. The molecule has 5 heteroatoms. The summed E-state index contributed by atoms with van der Waals surface area (Å²) in [4.78, 5) is 0. The third-order valence-corrected chi connectivity index (χ3v) is 76.4. The monoisotopic (exact) mass is 927 g/mol. The van der Waals surface area contributed by atoms with Gasteiger partial charge in [-0.3, -0.25) is 0 Å². The summed E-state index contributed by atoms with van der Waals surface area (Å²) in [6.45, 7) is 0. The zero-order valence-corrected chi connectivity index (χ0v) is 38.3.